The molecule has 0 atom stereocenters. The first-order valence-electron chi connectivity index (χ1n) is 8.56. The van der Waals surface area contributed by atoms with E-state index in [4.69, 9.17) is 9.47 Å². The number of nitrogens with zero attached hydrogens (tertiary/aromatic N) is 4. The fourth-order valence-electron chi connectivity index (χ4n) is 3.10. The van der Waals surface area contributed by atoms with Crippen LogP contribution in [0.1, 0.15) is 18.3 Å². The number of thiazole rings is 1. The van der Waals surface area contributed by atoms with Gasteiger partial charge in [-0.1, -0.05) is 11.3 Å². The lowest BCUT2D eigenvalue weighted by Crippen LogP contribution is -2.19. The highest BCUT2D eigenvalue weighted by Gasteiger charge is 2.16. The number of carbonyl (C=O) groups excluding carboxylic acids is 1. The van der Waals surface area contributed by atoms with Crippen molar-refractivity contribution in [3.8, 4) is 11.5 Å². The van der Waals surface area contributed by atoms with Gasteiger partial charge < -0.3 is 14.0 Å². The van der Waals surface area contributed by atoms with Crippen molar-refractivity contribution in [2.24, 2.45) is 4.99 Å². The third-order valence-corrected chi connectivity index (χ3v) is 5.31. The minimum absolute atomic E-state index is 0.139. The van der Waals surface area contributed by atoms with Crippen molar-refractivity contribution >= 4 is 27.5 Å². The molecule has 0 N–H and O–H groups in total. The maximum Gasteiger partial charge on any atom is 0.270 e. The summed E-state index contributed by atoms with van der Waals surface area (Å²) in [5.74, 6) is 1.26. The highest BCUT2D eigenvalue weighted by Crippen LogP contribution is 2.35. The monoisotopic (exact) mass is 372 g/mol. The van der Waals surface area contributed by atoms with E-state index >= 15 is 0 Å². The summed E-state index contributed by atoms with van der Waals surface area (Å²) in [7, 11) is 0. The average molecular weight is 372 g/mol. The summed E-state index contributed by atoms with van der Waals surface area (Å²) in [5.41, 5.74) is 2.85. The van der Waals surface area contributed by atoms with Crippen LogP contribution in [0.5, 0.6) is 11.5 Å². The molecule has 26 heavy (non-hydrogen) atoms. The van der Waals surface area contributed by atoms with Gasteiger partial charge in [0.1, 0.15) is 19.8 Å². The van der Waals surface area contributed by atoms with E-state index in [0.29, 0.717) is 24.6 Å². The van der Waals surface area contributed by atoms with E-state index in [9.17, 15) is 4.79 Å². The first kappa shape index (κ1) is 16.8. The summed E-state index contributed by atoms with van der Waals surface area (Å²) in [4.78, 5) is 17.5. The Morgan fingerprint density at radius 2 is 1.96 bits per heavy atom. The molecule has 8 heteroatoms. The molecule has 0 saturated heterocycles. The largest absolute Gasteiger partial charge is 0.486 e. The highest BCUT2D eigenvalue weighted by molar-refractivity contribution is 7.16. The molecular formula is C18H20N4O3S. The number of hydrogen-bond acceptors (Lipinski definition) is 5. The number of aryl methyl sites for hydroxylation is 3. The molecule has 3 heterocycles. The number of aromatic nitrogens is 3. The Morgan fingerprint density at radius 1 is 1.23 bits per heavy atom. The van der Waals surface area contributed by atoms with Crippen molar-refractivity contribution in [3.63, 3.8) is 0 Å². The Labute approximate surface area is 154 Å². The molecule has 0 unspecified atom stereocenters. The number of ether oxygens (including phenoxy) is 2. The van der Waals surface area contributed by atoms with Gasteiger partial charge >= 0.3 is 0 Å². The molecule has 1 aliphatic rings. The van der Waals surface area contributed by atoms with Gasteiger partial charge in [0.05, 0.1) is 15.9 Å². The molecule has 4 rings (SSSR count). The minimum atomic E-state index is -0.220. The van der Waals surface area contributed by atoms with Crippen LogP contribution < -0.4 is 14.3 Å². The van der Waals surface area contributed by atoms with Gasteiger partial charge in [-0.2, -0.15) is 10.1 Å². The minimum Gasteiger partial charge on any atom is -0.486 e. The molecule has 0 saturated carbocycles. The number of rotatable bonds is 3. The molecule has 0 aliphatic carbocycles. The van der Waals surface area contributed by atoms with E-state index in [2.05, 4.69) is 10.1 Å². The van der Waals surface area contributed by atoms with Crippen molar-refractivity contribution in [1.82, 2.24) is 14.3 Å². The van der Waals surface area contributed by atoms with Gasteiger partial charge in [-0.3, -0.25) is 9.48 Å². The number of fused-ring (bicyclic) bond motifs is 2. The number of amides is 1. The topological polar surface area (TPSA) is 70.6 Å². The van der Waals surface area contributed by atoms with Crippen LogP contribution in [-0.2, 0) is 17.9 Å². The zero-order valence-corrected chi connectivity index (χ0v) is 15.8. The molecule has 2 aromatic heterocycles. The maximum absolute atomic E-state index is 12.5. The Kier molecular flexibility index (Phi) is 4.28. The molecular weight excluding hydrogens is 352 g/mol. The van der Waals surface area contributed by atoms with Crippen LogP contribution in [0.3, 0.4) is 0 Å². The van der Waals surface area contributed by atoms with E-state index in [-0.39, 0.29) is 12.5 Å². The van der Waals surface area contributed by atoms with E-state index in [1.807, 2.05) is 43.5 Å². The molecule has 1 aliphatic heterocycles. The van der Waals surface area contributed by atoms with Crippen molar-refractivity contribution in [2.45, 2.75) is 33.9 Å². The zero-order chi connectivity index (χ0) is 18.3. The lowest BCUT2D eigenvalue weighted by molar-refractivity contribution is -0.118. The summed E-state index contributed by atoms with van der Waals surface area (Å²) >= 11 is 1.48. The van der Waals surface area contributed by atoms with E-state index in [1.165, 1.54) is 11.3 Å². The molecule has 7 nitrogen and oxygen atoms in total. The molecule has 0 fully saturated rings. The van der Waals surface area contributed by atoms with Gasteiger partial charge in [0.25, 0.3) is 5.91 Å². The predicted octanol–water partition coefficient (Wildman–Crippen LogP) is 2.43. The van der Waals surface area contributed by atoms with Crippen LogP contribution in [0.4, 0.5) is 0 Å². The van der Waals surface area contributed by atoms with Crippen LogP contribution in [0.25, 0.3) is 10.2 Å². The Balaban J connectivity index is 1.74. The van der Waals surface area contributed by atoms with Crippen molar-refractivity contribution in [3.05, 3.63) is 34.4 Å². The highest BCUT2D eigenvalue weighted by atomic mass is 32.1. The fourth-order valence-corrected chi connectivity index (χ4v) is 4.22. The second-order valence-corrected chi connectivity index (χ2v) is 7.19. The van der Waals surface area contributed by atoms with Crippen molar-refractivity contribution in [1.29, 1.82) is 0 Å². The first-order chi connectivity index (χ1) is 12.5. The summed E-state index contributed by atoms with van der Waals surface area (Å²) in [6, 6.07) is 5.88. The first-order valence-corrected chi connectivity index (χ1v) is 9.38. The summed E-state index contributed by atoms with van der Waals surface area (Å²) < 4.78 is 16.1. The second kappa shape index (κ2) is 6.60. The third-order valence-electron chi connectivity index (χ3n) is 4.27. The number of benzene rings is 1. The second-order valence-electron chi connectivity index (χ2n) is 6.18. The van der Waals surface area contributed by atoms with Crippen LogP contribution in [0.2, 0.25) is 0 Å². The standard InChI is InChI=1S/C18H20N4O3S/c1-4-21-13-8-14-15(25-6-5-24-14)9-16(13)26-18(21)19-17(23)10-22-12(3)7-11(2)20-22/h7-9H,4-6,10H2,1-3H3. The molecule has 0 radical (unpaired) electrons. The molecule has 136 valence electrons. The normalized spacial score (nSPS) is 14.2. The Morgan fingerprint density at radius 3 is 2.62 bits per heavy atom. The summed E-state index contributed by atoms with van der Waals surface area (Å²) in [6.45, 7) is 7.83. The fraction of sp³-hybridized carbons (Fsp3) is 0.389. The van der Waals surface area contributed by atoms with Gasteiger partial charge in [0.15, 0.2) is 16.3 Å². The van der Waals surface area contributed by atoms with Gasteiger partial charge in [-0.05, 0) is 26.8 Å². The van der Waals surface area contributed by atoms with Crippen LogP contribution in [-0.4, -0.2) is 33.5 Å². The molecule has 1 amide bonds. The quantitative estimate of drug-likeness (QED) is 0.708. The Bertz CT molecular complexity index is 1060. The molecule has 0 spiro atoms. The molecule has 0 bridgehead atoms. The summed E-state index contributed by atoms with van der Waals surface area (Å²) in [6.07, 6.45) is 0. The third kappa shape index (κ3) is 3.01. The van der Waals surface area contributed by atoms with E-state index in [0.717, 1.165) is 33.1 Å². The molecule has 3 aromatic rings. The van der Waals surface area contributed by atoms with Crippen molar-refractivity contribution < 1.29 is 14.3 Å². The zero-order valence-electron chi connectivity index (χ0n) is 15.0. The average Bonchev–Trinajstić information content (AvgIpc) is 3.10. The number of carbonyl (C=O) groups is 1. The van der Waals surface area contributed by atoms with Gasteiger partial charge in [0.2, 0.25) is 0 Å². The van der Waals surface area contributed by atoms with Gasteiger partial charge in [-0.25, -0.2) is 0 Å². The van der Waals surface area contributed by atoms with Gasteiger partial charge in [0, 0.05) is 24.4 Å². The maximum atomic E-state index is 12.5. The smallest absolute Gasteiger partial charge is 0.270 e. The SMILES string of the molecule is CCn1c(=NC(=O)Cn2nc(C)cc2C)sc2cc3c(cc21)OCCO3. The lowest BCUT2D eigenvalue weighted by atomic mass is 10.2. The number of hydrogen-bond donors (Lipinski definition) is 0. The van der Waals surface area contributed by atoms with Gasteiger partial charge in [-0.15, -0.1) is 0 Å². The Hall–Kier alpha value is -2.61. The van der Waals surface area contributed by atoms with Crippen molar-refractivity contribution in [2.75, 3.05) is 13.2 Å². The molecule has 1 aromatic carbocycles. The van der Waals surface area contributed by atoms with Crippen LogP contribution in [0, 0.1) is 13.8 Å². The van der Waals surface area contributed by atoms with E-state index < -0.39 is 0 Å². The van der Waals surface area contributed by atoms with E-state index in [1.54, 1.807) is 4.68 Å². The summed E-state index contributed by atoms with van der Waals surface area (Å²) in [5, 5.41) is 4.33. The van der Waals surface area contributed by atoms with Crippen LogP contribution in [0.15, 0.2) is 23.2 Å². The lowest BCUT2D eigenvalue weighted by Gasteiger charge is -2.18. The van der Waals surface area contributed by atoms with Crippen LogP contribution >= 0.6 is 11.3 Å². The predicted molar refractivity (Wildman–Crippen MR) is 98.8 cm³/mol.